The van der Waals surface area contributed by atoms with E-state index in [1.54, 1.807) is 0 Å². The number of aryl methyl sites for hydroxylation is 1. The minimum atomic E-state index is -0.183. The summed E-state index contributed by atoms with van der Waals surface area (Å²) in [4.78, 5) is 20.9. The molecule has 8 heteroatoms. The van der Waals surface area contributed by atoms with Crippen molar-refractivity contribution in [3.05, 3.63) is 58.4 Å². The predicted molar refractivity (Wildman–Crippen MR) is 84.4 cm³/mol. The van der Waals surface area contributed by atoms with Crippen molar-refractivity contribution < 1.29 is 0 Å². The van der Waals surface area contributed by atoms with Crippen LogP contribution in [0.25, 0.3) is 10.6 Å². The van der Waals surface area contributed by atoms with Crippen LogP contribution in [0.15, 0.2) is 41.6 Å². The van der Waals surface area contributed by atoms with E-state index in [0.717, 1.165) is 16.9 Å². The normalized spacial score (nSPS) is 11.3. The third kappa shape index (κ3) is 2.13. The van der Waals surface area contributed by atoms with Crippen LogP contribution in [0.2, 0.25) is 0 Å². The number of hydrogen-bond donors (Lipinski definition) is 1. The first-order valence-electron chi connectivity index (χ1n) is 6.73. The van der Waals surface area contributed by atoms with Gasteiger partial charge in [0.05, 0.1) is 12.2 Å². The summed E-state index contributed by atoms with van der Waals surface area (Å²) in [5.74, 6) is 0. The highest BCUT2D eigenvalue weighted by atomic mass is 32.1. The third-order valence-electron chi connectivity index (χ3n) is 3.32. The highest BCUT2D eigenvalue weighted by Gasteiger charge is 2.07. The fourth-order valence-electron chi connectivity index (χ4n) is 2.27. The third-order valence-corrected chi connectivity index (χ3v) is 4.20. The average molecular weight is 312 g/mol. The molecule has 22 heavy (non-hydrogen) atoms. The van der Waals surface area contributed by atoms with Gasteiger partial charge in [0.25, 0.3) is 5.56 Å². The molecular weight excluding hydrogens is 300 g/mol. The van der Waals surface area contributed by atoms with Gasteiger partial charge >= 0.3 is 0 Å². The van der Waals surface area contributed by atoms with Gasteiger partial charge in [-0.05, 0) is 18.6 Å². The molecule has 0 bridgehead atoms. The summed E-state index contributed by atoms with van der Waals surface area (Å²) < 4.78 is 3.29. The van der Waals surface area contributed by atoms with E-state index in [0.29, 0.717) is 16.6 Å². The van der Waals surface area contributed by atoms with Crippen LogP contribution >= 0.6 is 11.3 Å². The smallest absolute Gasteiger partial charge is 0.275 e. The molecule has 0 aromatic carbocycles. The number of nitrogens with zero attached hydrogens (tertiary/aromatic N) is 5. The van der Waals surface area contributed by atoms with Crippen molar-refractivity contribution in [3.63, 3.8) is 0 Å². The fourth-order valence-corrected chi connectivity index (χ4v) is 3.04. The zero-order valence-corrected chi connectivity index (χ0v) is 12.5. The van der Waals surface area contributed by atoms with Gasteiger partial charge in [0.15, 0.2) is 0 Å². The molecule has 0 aliphatic carbocycles. The molecule has 0 spiro atoms. The van der Waals surface area contributed by atoms with Crippen molar-refractivity contribution in [2.75, 3.05) is 5.32 Å². The van der Waals surface area contributed by atoms with Crippen LogP contribution in [-0.4, -0.2) is 24.0 Å². The molecule has 0 aliphatic heterocycles. The SMILES string of the molecule is Cc1cccn2cc(CNc3nn4c(=O)ccnc4s3)nc12. The monoisotopic (exact) mass is 312 g/mol. The Labute approximate surface area is 128 Å². The Morgan fingerprint density at radius 1 is 1.36 bits per heavy atom. The lowest BCUT2D eigenvalue weighted by Gasteiger charge is -1.96. The van der Waals surface area contributed by atoms with Gasteiger partial charge in [-0.25, -0.2) is 9.97 Å². The van der Waals surface area contributed by atoms with Gasteiger partial charge in [0.2, 0.25) is 10.1 Å². The first kappa shape index (κ1) is 13.0. The summed E-state index contributed by atoms with van der Waals surface area (Å²) in [7, 11) is 0. The minimum absolute atomic E-state index is 0.183. The minimum Gasteiger partial charge on any atom is -0.354 e. The quantitative estimate of drug-likeness (QED) is 0.623. The molecule has 4 aromatic rings. The molecule has 7 nitrogen and oxygen atoms in total. The Morgan fingerprint density at radius 2 is 2.27 bits per heavy atom. The molecule has 0 radical (unpaired) electrons. The summed E-state index contributed by atoms with van der Waals surface area (Å²) in [5.41, 5.74) is 2.80. The Morgan fingerprint density at radius 3 is 3.09 bits per heavy atom. The zero-order valence-electron chi connectivity index (χ0n) is 11.7. The summed E-state index contributed by atoms with van der Waals surface area (Å²) in [6.07, 6.45) is 5.44. The van der Waals surface area contributed by atoms with Gasteiger partial charge in [0, 0.05) is 24.7 Å². The molecule has 4 aromatic heterocycles. The number of anilines is 1. The number of fused-ring (bicyclic) bond motifs is 2. The second kappa shape index (κ2) is 4.92. The topological polar surface area (TPSA) is 76.6 Å². The highest BCUT2D eigenvalue weighted by Crippen LogP contribution is 2.17. The van der Waals surface area contributed by atoms with Crippen molar-refractivity contribution in [2.24, 2.45) is 0 Å². The molecule has 0 saturated carbocycles. The van der Waals surface area contributed by atoms with Gasteiger partial charge in [-0.3, -0.25) is 4.79 Å². The van der Waals surface area contributed by atoms with Crippen LogP contribution in [0.1, 0.15) is 11.3 Å². The maximum Gasteiger partial charge on any atom is 0.275 e. The summed E-state index contributed by atoms with van der Waals surface area (Å²) in [5, 5.41) is 8.05. The predicted octanol–water partition coefficient (Wildman–Crippen LogP) is 1.72. The summed E-state index contributed by atoms with van der Waals surface area (Å²) in [6, 6.07) is 5.42. The number of pyridine rings is 1. The van der Waals surface area contributed by atoms with Crippen molar-refractivity contribution in [1.29, 1.82) is 0 Å². The number of aromatic nitrogens is 5. The van der Waals surface area contributed by atoms with Gasteiger partial charge < -0.3 is 9.72 Å². The van der Waals surface area contributed by atoms with E-state index in [-0.39, 0.29) is 5.56 Å². The maximum absolute atomic E-state index is 11.6. The van der Waals surface area contributed by atoms with Crippen molar-refractivity contribution in [3.8, 4) is 0 Å². The molecule has 0 unspecified atom stereocenters. The van der Waals surface area contributed by atoms with Gasteiger partial charge in [0.1, 0.15) is 5.65 Å². The Balaban J connectivity index is 1.61. The van der Waals surface area contributed by atoms with E-state index in [1.165, 1.54) is 28.1 Å². The van der Waals surface area contributed by atoms with Crippen LogP contribution in [0.4, 0.5) is 5.13 Å². The molecule has 0 aliphatic rings. The Bertz CT molecular complexity index is 1030. The van der Waals surface area contributed by atoms with Gasteiger partial charge in [-0.15, -0.1) is 5.10 Å². The molecule has 0 amide bonds. The summed E-state index contributed by atoms with van der Waals surface area (Å²) in [6.45, 7) is 2.57. The van der Waals surface area contributed by atoms with Crippen molar-refractivity contribution in [1.82, 2.24) is 24.0 Å². The number of imidazole rings is 1. The lowest BCUT2D eigenvalue weighted by atomic mass is 10.3. The van der Waals surface area contributed by atoms with E-state index in [4.69, 9.17) is 0 Å². The van der Waals surface area contributed by atoms with Crippen LogP contribution < -0.4 is 10.9 Å². The molecule has 1 N–H and O–H groups in total. The molecule has 0 atom stereocenters. The van der Waals surface area contributed by atoms with E-state index in [1.807, 2.05) is 35.9 Å². The van der Waals surface area contributed by atoms with Crippen molar-refractivity contribution in [2.45, 2.75) is 13.5 Å². The second-order valence-corrected chi connectivity index (χ2v) is 5.85. The molecule has 0 fully saturated rings. The molecule has 0 saturated heterocycles. The average Bonchev–Trinajstić information content (AvgIpc) is 3.10. The molecule has 4 rings (SSSR count). The first-order valence-corrected chi connectivity index (χ1v) is 7.54. The fraction of sp³-hybridized carbons (Fsp3) is 0.143. The maximum atomic E-state index is 11.6. The van der Waals surface area contributed by atoms with Crippen LogP contribution in [0.5, 0.6) is 0 Å². The Kier molecular flexibility index (Phi) is 2.90. The van der Waals surface area contributed by atoms with E-state index in [2.05, 4.69) is 20.4 Å². The number of rotatable bonds is 3. The highest BCUT2D eigenvalue weighted by molar-refractivity contribution is 7.20. The van der Waals surface area contributed by atoms with Gasteiger partial charge in [-0.2, -0.15) is 4.52 Å². The van der Waals surface area contributed by atoms with Crippen molar-refractivity contribution >= 4 is 27.1 Å². The standard InChI is InChI=1S/C14H12N6OS/c1-9-3-2-6-19-8-10(17-12(9)19)7-16-13-18-20-11(21)4-5-15-14(20)22-13/h2-6,8H,7H2,1H3,(H,16,18). The van der Waals surface area contributed by atoms with Gasteiger partial charge in [-0.1, -0.05) is 17.4 Å². The lowest BCUT2D eigenvalue weighted by molar-refractivity contribution is 0.893. The van der Waals surface area contributed by atoms with E-state index >= 15 is 0 Å². The van der Waals surface area contributed by atoms with E-state index < -0.39 is 0 Å². The van der Waals surface area contributed by atoms with E-state index in [9.17, 15) is 4.79 Å². The first-order chi connectivity index (χ1) is 10.7. The van der Waals surface area contributed by atoms with Crippen LogP contribution in [-0.2, 0) is 6.54 Å². The van der Waals surface area contributed by atoms with Crippen LogP contribution in [0, 0.1) is 6.92 Å². The number of nitrogens with one attached hydrogen (secondary N) is 1. The largest absolute Gasteiger partial charge is 0.354 e. The number of hydrogen-bond acceptors (Lipinski definition) is 6. The zero-order chi connectivity index (χ0) is 15.1. The summed E-state index contributed by atoms with van der Waals surface area (Å²) >= 11 is 1.34. The molecule has 110 valence electrons. The Hall–Kier alpha value is -2.74. The lowest BCUT2D eigenvalue weighted by Crippen LogP contribution is -2.12. The molecule has 4 heterocycles. The molecular formula is C14H12N6OS. The second-order valence-electron chi connectivity index (χ2n) is 4.89. The van der Waals surface area contributed by atoms with Crippen LogP contribution in [0.3, 0.4) is 0 Å².